The molecule has 0 unspecified atom stereocenters. The quantitative estimate of drug-likeness (QED) is 0.217. The summed E-state index contributed by atoms with van der Waals surface area (Å²) >= 11 is 6.48. The van der Waals surface area contributed by atoms with Crippen LogP contribution in [0.5, 0.6) is 5.75 Å². The van der Waals surface area contributed by atoms with Gasteiger partial charge >= 0.3 is 0 Å². The molecule has 0 radical (unpaired) electrons. The number of aryl methyl sites for hydroxylation is 1. The first-order valence-electron chi connectivity index (χ1n) is 12.1. The number of hydrogen-bond acceptors (Lipinski definition) is 3. The molecule has 0 fully saturated rings. The highest BCUT2D eigenvalue weighted by Gasteiger charge is 2.34. The molecule has 0 spiro atoms. The molecule has 1 heterocycles. The molecule has 0 atom stereocenters. The molecule has 4 nitrogen and oxygen atoms in total. The van der Waals surface area contributed by atoms with Crippen molar-refractivity contribution in [3.05, 3.63) is 88.4 Å². The maximum atomic E-state index is 12.4. The highest BCUT2D eigenvalue weighted by atomic mass is 35.5. The van der Waals surface area contributed by atoms with Crippen molar-refractivity contribution in [3.63, 3.8) is 0 Å². The fourth-order valence-electron chi connectivity index (χ4n) is 4.46. The van der Waals surface area contributed by atoms with E-state index in [2.05, 4.69) is 25.1 Å². The van der Waals surface area contributed by atoms with Crippen molar-refractivity contribution in [2.75, 3.05) is 13.2 Å². The van der Waals surface area contributed by atoms with Crippen molar-refractivity contribution < 1.29 is 14.3 Å². The van der Waals surface area contributed by atoms with Gasteiger partial charge in [0.15, 0.2) is 0 Å². The summed E-state index contributed by atoms with van der Waals surface area (Å²) in [6.45, 7) is 3.28. The van der Waals surface area contributed by atoms with E-state index in [4.69, 9.17) is 16.3 Å². The van der Waals surface area contributed by atoms with Gasteiger partial charge < -0.3 is 4.74 Å². The lowest BCUT2D eigenvalue weighted by atomic mass is 9.98. The summed E-state index contributed by atoms with van der Waals surface area (Å²) < 4.78 is 5.99. The van der Waals surface area contributed by atoms with Crippen LogP contribution in [0.25, 0.3) is 11.1 Å². The van der Waals surface area contributed by atoms with E-state index in [-0.39, 0.29) is 11.8 Å². The molecule has 0 saturated carbocycles. The number of fused-ring (bicyclic) bond motifs is 1. The Balaban J connectivity index is 1.17. The van der Waals surface area contributed by atoms with Crippen LogP contribution in [-0.4, -0.2) is 29.9 Å². The predicted molar refractivity (Wildman–Crippen MR) is 137 cm³/mol. The van der Waals surface area contributed by atoms with Gasteiger partial charge in [0.2, 0.25) is 0 Å². The number of rotatable bonds is 11. The fourth-order valence-corrected chi connectivity index (χ4v) is 4.77. The number of amides is 2. The summed E-state index contributed by atoms with van der Waals surface area (Å²) in [7, 11) is 0. The first-order chi connectivity index (χ1) is 16.6. The number of benzene rings is 3. The summed E-state index contributed by atoms with van der Waals surface area (Å²) in [5.41, 5.74) is 4.43. The highest BCUT2D eigenvalue weighted by Crippen LogP contribution is 2.33. The van der Waals surface area contributed by atoms with E-state index in [0.717, 1.165) is 60.4 Å². The Bertz CT molecular complexity index is 1140. The fraction of sp³-hybridized carbons (Fsp3) is 0.310. The van der Waals surface area contributed by atoms with Gasteiger partial charge in [-0.3, -0.25) is 14.5 Å². The average Bonchev–Trinajstić information content (AvgIpc) is 3.10. The van der Waals surface area contributed by atoms with Crippen LogP contribution in [0.3, 0.4) is 0 Å². The largest absolute Gasteiger partial charge is 0.494 e. The number of nitrogens with zero attached hydrogens (tertiary/aromatic N) is 1. The molecule has 0 bridgehead atoms. The van der Waals surface area contributed by atoms with E-state index in [0.29, 0.717) is 24.3 Å². The number of imide groups is 1. The summed E-state index contributed by atoms with van der Waals surface area (Å²) in [6, 6.07) is 21.2. The van der Waals surface area contributed by atoms with Crippen LogP contribution >= 0.6 is 11.6 Å². The molecule has 0 aromatic heterocycles. The van der Waals surface area contributed by atoms with Crippen LogP contribution in [0.4, 0.5) is 0 Å². The molecule has 3 aromatic rings. The minimum atomic E-state index is -0.168. The molecule has 1 aliphatic rings. The zero-order valence-corrected chi connectivity index (χ0v) is 20.3. The van der Waals surface area contributed by atoms with Crippen LogP contribution in [0.2, 0.25) is 5.02 Å². The van der Waals surface area contributed by atoms with E-state index in [1.54, 1.807) is 24.3 Å². The number of carbonyl (C=O) groups is 2. The van der Waals surface area contributed by atoms with Crippen LogP contribution in [0.15, 0.2) is 66.7 Å². The van der Waals surface area contributed by atoms with Crippen LogP contribution in [0.1, 0.15) is 65.3 Å². The van der Waals surface area contributed by atoms with Gasteiger partial charge in [-0.1, -0.05) is 74.2 Å². The van der Waals surface area contributed by atoms with Crippen LogP contribution in [0, 0.1) is 0 Å². The number of halogens is 1. The molecule has 4 rings (SSSR count). The zero-order chi connectivity index (χ0) is 23.9. The van der Waals surface area contributed by atoms with E-state index in [9.17, 15) is 9.59 Å². The Labute approximate surface area is 206 Å². The zero-order valence-electron chi connectivity index (χ0n) is 19.6. The van der Waals surface area contributed by atoms with Crippen molar-refractivity contribution in [2.24, 2.45) is 0 Å². The molecule has 176 valence electrons. The normalized spacial score (nSPS) is 12.8. The molecular formula is C29H30ClNO3. The number of hydrogen-bond donors (Lipinski definition) is 0. The Kier molecular flexibility index (Phi) is 8.02. The molecule has 0 aliphatic carbocycles. The summed E-state index contributed by atoms with van der Waals surface area (Å²) in [4.78, 5) is 26.2. The molecule has 0 N–H and O–H groups in total. The van der Waals surface area contributed by atoms with Crippen LogP contribution in [-0.2, 0) is 6.42 Å². The van der Waals surface area contributed by atoms with E-state index in [1.165, 1.54) is 10.5 Å². The van der Waals surface area contributed by atoms with Crippen molar-refractivity contribution in [1.82, 2.24) is 4.90 Å². The van der Waals surface area contributed by atoms with Crippen molar-refractivity contribution >= 4 is 23.4 Å². The lowest BCUT2D eigenvalue weighted by molar-refractivity contribution is 0.0651. The Hall–Kier alpha value is -3.11. The van der Waals surface area contributed by atoms with E-state index in [1.807, 2.05) is 24.3 Å². The van der Waals surface area contributed by atoms with Crippen molar-refractivity contribution in [3.8, 4) is 16.9 Å². The van der Waals surface area contributed by atoms with Gasteiger partial charge in [-0.2, -0.15) is 0 Å². The third kappa shape index (κ3) is 5.34. The third-order valence-corrected chi connectivity index (χ3v) is 6.59. The molecule has 5 heteroatoms. The topological polar surface area (TPSA) is 46.6 Å². The van der Waals surface area contributed by atoms with Gasteiger partial charge in [0.05, 0.1) is 17.7 Å². The Morgan fingerprint density at radius 1 is 0.794 bits per heavy atom. The SMILES string of the molecule is CCc1cccc(Cl)c1-c1cccc(OCCCCCCCN2C(=O)c3ccccc3C2=O)c1. The van der Waals surface area contributed by atoms with Gasteiger partial charge in [0.25, 0.3) is 11.8 Å². The first kappa shape index (κ1) is 24.0. The molecule has 0 saturated heterocycles. The third-order valence-electron chi connectivity index (χ3n) is 6.28. The predicted octanol–water partition coefficient (Wildman–Crippen LogP) is 7.19. The summed E-state index contributed by atoms with van der Waals surface area (Å²) in [5.74, 6) is 0.517. The van der Waals surface area contributed by atoms with E-state index >= 15 is 0 Å². The highest BCUT2D eigenvalue weighted by molar-refractivity contribution is 6.33. The molecular weight excluding hydrogens is 446 g/mol. The maximum absolute atomic E-state index is 12.4. The molecule has 1 aliphatic heterocycles. The van der Waals surface area contributed by atoms with Gasteiger partial charge in [-0.25, -0.2) is 0 Å². The number of carbonyl (C=O) groups excluding carboxylic acids is 2. The standard InChI is InChI=1S/C29H30ClNO3/c1-2-21-12-11-17-26(30)27(21)22-13-10-14-23(20-22)34-19-9-5-3-4-8-18-31-28(32)24-15-6-7-16-25(24)29(31)33/h6-7,10-17,20H,2-5,8-9,18-19H2,1H3. The van der Waals surface area contributed by atoms with E-state index < -0.39 is 0 Å². The van der Waals surface area contributed by atoms with Crippen LogP contribution < -0.4 is 4.74 Å². The van der Waals surface area contributed by atoms with Gasteiger partial charge in [0.1, 0.15) is 5.75 Å². The van der Waals surface area contributed by atoms with Gasteiger partial charge in [-0.15, -0.1) is 0 Å². The monoisotopic (exact) mass is 475 g/mol. The molecule has 34 heavy (non-hydrogen) atoms. The van der Waals surface area contributed by atoms with Gasteiger partial charge in [0, 0.05) is 17.1 Å². The van der Waals surface area contributed by atoms with Crippen molar-refractivity contribution in [1.29, 1.82) is 0 Å². The molecule has 3 aromatic carbocycles. The number of ether oxygens (including phenoxy) is 1. The minimum absolute atomic E-state index is 0.168. The lowest BCUT2D eigenvalue weighted by Crippen LogP contribution is -2.30. The second-order valence-corrected chi connectivity index (χ2v) is 8.99. The second kappa shape index (κ2) is 11.3. The summed E-state index contributed by atoms with van der Waals surface area (Å²) in [5, 5.41) is 0.762. The summed E-state index contributed by atoms with van der Waals surface area (Å²) in [6.07, 6.45) is 5.79. The Morgan fingerprint density at radius 3 is 2.21 bits per heavy atom. The smallest absolute Gasteiger partial charge is 0.261 e. The lowest BCUT2D eigenvalue weighted by Gasteiger charge is -2.13. The number of unbranched alkanes of at least 4 members (excludes halogenated alkanes) is 4. The average molecular weight is 476 g/mol. The maximum Gasteiger partial charge on any atom is 0.261 e. The molecule has 2 amide bonds. The van der Waals surface area contributed by atoms with Crippen molar-refractivity contribution in [2.45, 2.75) is 45.4 Å². The first-order valence-corrected chi connectivity index (χ1v) is 12.4. The second-order valence-electron chi connectivity index (χ2n) is 8.58. The van der Waals surface area contributed by atoms with Gasteiger partial charge in [-0.05, 0) is 60.7 Å². The minimum Gasteiger partial charge on any atom is -0.494 e. The Morgan fingerprint density at radius 2 is 1.47 bits per heavy atom.